The number of halogens is 1. The van der Waals surface area contributed by atoms with E-state index in [1.165, 1.54) is 4.90 Å². The molecule has 0 radical (unpaired) electrons. The Morgan fingerprint density at radius 2 is 2.00 bits per heavy atom. The zero-order valence-electron chi connectivity index (χ0n) is 23.8. The molecule has 14 nitrogen and oxygen atoms in total. The average molecular weight is 601 g/mol. The number of β-amino-alcohol motifs (C(OH)–C–C–N with tert-alkyl or cyclic N) is 1. The van der Waals surface area contributed by atoms with Crippen LogP contribution in [0.2, 0.25) is 0 Å². The van der Waals surface area contributed by atoms with Crippen molar-refractivity contribution < 1.29 is 23.9 Å². The molecule has 4 amide bonds. The molecule has 44 heavy (non-hydrogen) atoms. The number of fused-ring (bicyclic) bond motifs is 1. The van der Waals surface area contributed by atoms with Crippen LogP contribution in [-0.2, 0) is 16.1 Å². The number of carbonyl (C=O) groups excluding carboxylic acids is 3. The van der Waals surface area contributed by atoms with Gasteiger partial charge in [0, 0.05) is 36.1 Å². The Morgan fingerprint density at radius 3 is 2.77 bits per heavy atom. The molecule has 5 heterocycles. The van der Waals surface area contributed by atoms with Crippen molar-refractivity contribution in [3.05, 3.63) is 65.5 Å². The second kappa shape index (κ2) is 10.9. The second-order valence-corrected chi connectivity index (χ2v) is 11.3. The number of anilines is 3. The van der Waals surface area contributed by atoms with Gasteiger partial charge < -0.3 is 14.8 Å². The largest absolute Gasteiger partial charge is 0.395 e. The molecule has 0 aromatic carbocycles. The minimum absolute atomic E-state index is 0.0364. The first-order chi connectivity index (χ1) is 21.3. The zero-order chi connectivity index (χ0) is 30.5. The number of aryl methyl sites for hydroxylation is 1. The number of hydrogen-bond donors (Lipinski definition) is 3. The first-order valence-electron chi connectivity index (χ1n) is 14.4. The third-order valence-corrected chi connectivity index (χ3v) is 8.01. The van der Waals surface area contributed by atoms with Gasteiger partial charge in [0.15, 0.2) is 17.3 Å². The molecule has 1 aliphatic heterocycles. The molecule has 0 bridgehead atoms. The van der Waals surface area contributed by atoms with Crippen molar-refractivity contribution in [1.82, 2.24) is 34.2 Å². The summed E-state index contributed by atoms with van der Waals surface area (Å²) in [5.41, 5.74) is 3.34. The number of carbonyl (C=O) groups is 3. The van der Waals surface area contributed by atoms with Crippen LogP contribution in [0.3, 0.4) is 0 Å². The smallest absolute Gasteiger partial charge is 0.331 e. The molecule has 4 aromatic rings. The Kier molecular flexibility index (Phi) is 6.88. The van der Waals surface area contributed by atoms with Crippen molar-refractivity contribution in [2.45, 2.75) is 44.6 Å². The highest BCUT2D eigenvalue weighted by Crippen LogP contribution is 2.46. The van der Waals surface area contributed by atoms with Crippen LogP contribution < -0.4 is 15.5 Å². The van der Waals surface area contributed by atoms with E-state index in [-0.39, 0.29) is 55.8 Å². The van der Waals surface area contributed by atoms with Crippen molar-refractivity contribution in [2.75, 3.05) is 35.2 Å². The number of nitrogens with zero attached hydrogens (tertiary/aromatic N) is 8. The van der Waals surface area contributed by atoms with Gasteiger partial charge in [-0.15, -0.1) is 0 Å². The molecule has 0 spiro atoms. The van der Waals surface area contributed by atoms with Crippen LogP contribution in [0.4, 0.5) is 26.6 Å². The van der Waals surface area contributed by atoms with Gasteiger partial charge in [-0.2, -0.15) is 4.98 Å². The number of pyridine rings is 1. The molecular formula is C29H29FN10O4. The quantitative estimate of drug-likeness (QED) is 0.230. The fraction of sp³-hybridized carbons (Fsp3) is 0.379. The predicted molar refractivity (Wildman–Crippen MR) is 154 cm³/mol. The van der Waals surface area contributed by atoms with E-state index in [0.29, 0.717) is 35.2 Å². The van der Waals surface area contributed by atoms with Gasteiger partial charge in [-0.3, -0.25) is 24.7 Å². The van der Waals surface area contributed by atoms with Crippen molar-refractivity contribution in [2.24, 2.45) is 5.92 Å². The van der Waals surface area contributed by atoms with E-state index in [2.05, 4.69) is 35.6 Å². The fourth-order valence-electron chi connectivity index (χ4n) is 5.47. The molecule has 15 heteroatoms. The van der Waals surface area contributed by atoms with Crippen molar-refractivity contribution in [3.63, 3.8) is 0 Å². The Labute approximate surface area is 250 Å². The number of aromatic nitrogens is 6. The van der Waals surface area contributed by atoms with E-state index >= 15 is 0 Å². The van der Waals surface area contributed by atoms with E-state index in [1.807, 2.05) is 19.2 Å². The Bertz CT molecular complexity index is 1810. The van der Waals surface area contributed by atoms with Gasteiger partial charge in [-0.25, -0.2) is 29.1 Å². The van der Waals surface area contributed by atoms with Gasteiger partial charge in [0.2, 0.25) is 11.9 Å². The molecule has 2 aliphatic carbocycles. The van der Waals surface area contributed by atoms with Gasteiger partial charge in [0.05, 0.1) is 37.3 Å². The summed E-state index contributed by atoms with van der Waals surface area (Å²) >= 11 is 0. The second-order valence-electron chi connectivity index (χ2n) is 11.3. The normalized spacial score (nSPS) is 19.6. The topological polar surface area (TPSA) is 171 Å². The number of nitrogens with one attached hydrogen (secondary N) is 2. The fourth-order valence-corrected chi connectivity index (χ4v) is 5.47. The third-order valence-electron chi connectivity index (χ3n) is 8.01. The highest BCUT2D eigenvalue weighted by atomic mass is 19.1. The minimum Gasteiger partial charge on any atom is -0.395 e. The number of imide groups is 1. The summed E-state index contributed by atoms with van der Waals surface area (Å²) in [6, 6.07) is 3.17. The first kappa shape index (κ1) is 27.8. The summed E-state index contributed by atoms with van der Waals surface area (Å²) in [7, 11) is 0. The number of urea groups is 1. The molecule has 2 unspecified atom stereocenters. The van der Waals surface area contributed by atoms with Crippen LogP contribution in [0.15, 0.2) is 36.9 Å². The number of aliphatic hydroxyl groups is 1. The van der Waals surface area contributed by atoms with E-state index in [0.717, 1.165) is 35.2 Å². The molecule has 1 saturated heterocycles. The minimum atomic E-state index is -0.703. The molecular weight excluding hydrogens is 571 g/mol. The summed E-state index contributed by atoms with van der Waals surface area (Å²) in [5, 5.41) is 14.9. The van der Waals surface area contributed by atoms with E-state index in [4.69, 9.17) is 0 Å². The third kappa shape index (κ3) is 5.30. The van der Waals surface area contributed by atoms with Gasteiger partial charge >= 0.3 is 6.03 Å². The number of aliphatic hydroxyl groups excluding tert-OH is 1. The van der Waals surface area contributed by atoms with E-state index < -0.39 is 17.8 Å². The molecule has 3 N–H and O–H groups in total. The van der Waals surface area contributed by atoms with Crippen molar-refractivity contribution >= 4 is 40.9 Å². The summed E-state index contributed by atoms with van der Waals surface area (Å²) in [6.45, 7) is 1.40. The Balaban J connectivity index is 1.07. The number of rotatable bonds is 10. The lowest BCUT2D eigenvalue weighted by molar-refractivity contribution is -0.125. The molecule has 7 rings (SSSR count). The highest BCUT2D eigenvalue weighted by molar-refractivity contribution is 6.13. The summed E-state index contributed by atoms with van der Waals surface area (Å²) in [4.78, 5) is 62.1. The average Bonchev–Trinajstić information content (AvgIpc) is 3.93. The van der Waals surface area contributed by atoms with Crippen molar-refractivity contribution in [1.29, 1.82) is 0 Å². The zero-order valence-corrected chi connectivity index (χ0v) is 23.8. The molecule has 4 aromatic heterocycles. The van der Waals surface area contributed by atoms with Crippen LogP contribution in [0.1, 0.15) is 53.9 Å². The summed E-state index contributed by atoms with van der Waals surface area (Å²) < 4.78 is 16.5. The lowest BCUT2D eigenvalue weighted by atomic mass is 10.1. The standard InChI is InChI=1S/C29H29FN10O4/c1-15-4-5-31-24(34-15)19-9-20(19)27(43)37-28-33-11-21(30)25(36-28)32-10-18-13-38-12-17(16-2-3-16)8-22(26(38)35-18)40-14-23(42)39(6-7-41)29(40)44/h4-5,8,11-13,16,19-20,41H,2-3,6-7,9-10,14H2,1H3,(H2,32,33,36,37,43). The van der Waals surface area contributed by atoms with Gasteiger partial charge in [-0.05, 0) is 49.8 Å². The van der Waals surface area contributed by atoms with Crippen LogP contribution in [0, 0.1) is 18.7 Å². The molecule has 3 fully saturated rings. The van der Waals surface area contributed by atoms with Gasteiger partial charge in [0.25, 0.3) is 5.91 Å². The number of hydrogen-bond acceptors (Lipinski definition) is 10. The van der Waals surface area contributed by atoms with Crippen LogP contribution in [-0.4, -0.2) is 76.9 Å². The van der Waals surface area contributed by atoms with E-state index in [1.54, 1.807) is 22.9 Å². The Hall–Kier alpha value is -5.05. The van der Waals surface area contributed by atoms with Crippen molar-refractivity contribution in [3.8, 4) is 0 Å². The molecule has 2 atom stereocenters. The maximum absolute atomic E-state index is 14.7. The molecule has 3 aliphatic rings. The van der Waals surface area contributed by atoms with Gasteiger partial charge in [0.1, 0.15) is 12.4 Å². The highest BCUT2D eigenvalue weighted by Gasteiger charge is 2.46. The molecule has 2 saturated carbocycles. The lowest BCUT2D eigenvalue weighted by Crippen LogP contribution is -2.35. The van der Waals surface area contributed by atoms with Crippen LogP contribution in [0.5, 0.6) is 0 Å². The van der Waals surface area contributed by atoms with E-state index in [9.17, 15) is 23.9 Å². The summed E-state index contributed by atoms with van der Waals surface area (Å²) in [5.74, 6) is -0.945. The SMILES string of the molecule is Cc1ccnc(C2CC2C(=O)Nc2ncc(F)c(NCc3cn4cc(C5CC5)cc(N5CC(=O)N(CCO)C5=O)c4n3)n2)n1. The molecule has 226 valence electrons. The van der Waals surface area contributed by atoms with Gasteiger partial charge in [-0.1, -0.05) is 0 Å². The maximum atomic E-state index is 14.7. The number of amides is 4. The van der Waals surface area contributed by atoms with Crippen LogP contribution >= 0.6 is 0 Å². The maximum Gasteiger partial charge on any atom is 0.331 e. The first-order valence-corrected chi connectivity index (χ1v) is 14.4. The number of imidazole rings is 1. The van der Waals surface area contributed by atoms with Crippen LogP contribution in [0.25, 0.3) is 5.65 Å². The lowest BCUT2D eigenvalue weighted by Gasteiger charge is -2.18. The summed E-state index contributed by atoms with van der Waals surface area (Å²) in [6.07, 6.45) is 9.05. The predicted octanol–water partition coefficient (Wildman–Crippen LogP) is 2.35. The monoisotopic (exact) mass is 600 g/mol. The Morgan fingerprint density at radius 1 is 1.16 bits per heavy atom.